The van der Waals surface area contributed by atoms with Crippen molar-refractivity contribution in [2.24, 2.45) is 5.73 Å². The van der Waals surface area contributed by atoms with Crippen LogP contribution in [-0.4, -0.2) is 24.4 Å². The highest BCUT2D eigenvalue weighted by molar-refractivity contribution is 6.35. The highest BCUT2D eigenvalue weighted by Gasteiger charge is 2.11. The smallest absolute Gasteiger partial charge is 0.310 e. The van der Waals surface area contributed by atoms with Gasteiger partial charge >= 0.3 is 5.97 Å². The molecular weight excluding hydrogens is 367 g/mol. The van der Waals surface area contributed by atoms with Crippen LogP contribution >= 0.6 is 23.2 Å². The van der Waals surface area contributed by atoms with Crippen LogP contribution in [0.5, 0.6) is 0 Å². The van der Waals surface area contributed by atoms with Crippen molar-refractivity contribution < 1.29 is 19.1 Å². The summed E-state index contributed by atoms with van der Waals surface area (Å²) in [6, 6.07) is 10.7. The summed E-state index contributed by atoms with van der Waals surface area (Å²) >= 11 is 11.8. The van der Waals surface area contributed by atoms with E-state index in [-0.39, 0.29) is 6.42 Å². The lowest BCUT2D eigenvalue weighted by Crippen LogP contribution is -2.21. The van der Waals surface area contributed by atoms with Crippen molar-refractivity contribution in [2.45, 2.75) is 6.42 Å². The van der Waals surface area contributed by atoms with Crippen LogP contribution < -0.4 is 11.1 Å². The lowest BCUT2D eigenvalue weighted by molar-refractivity contribution is -0.146. The Balaban J connectivity index is 1.82. The number of nitrogens with two attached hydrogens (primary N) is 1. The average Bonchev–Trinajstić information content (AvgIpc) is 2.56. The number of amides is 2. The fraction of sp³-hybridized carbons (Fsp3) is 0.118. The van der Waals surface area contributed by atoms with Crippen molar-refractivity contribution in [1.82, 2.24) is 0 Å². The SMILES string of the molecule is NC(=O)c1ccc(NC(=O)COC(=O)Cc2ccc(Cl)cc2Cl)cc1. The molecular formula is C17H14Cl2N2O4. The highest BCUT2D eigenvalue weighted by atomic mass is 35.5. The molecule has 0 saturated heterocycles. The fourth-order valence-corrected chi connectivity index (χ4v) is 2.41. The molecule has 0 saturated carbocycles. The molecule has 0 unspecified atom stereocenters. The third-order valence-electron chi connectivity index (χ3n) is 3.17. The second-order valence-electron chi connectivity index (χ2n) is 5.06. The van der Waals surface area contributed by atoms with Crippen molar-refractivity contribution in [3.8, 4) is 0 Å². The molecule has 25 heavy (non-hydrogen) atoms. The van der Waals surface area contributed by atoms with Crippen molar-refractivity contribution in [3.05, 3.63) is 63.6 Å². The number of carbonyl (C=O) groups is 3. The Hall–Kier alpha value is -2.57. The van der Waals surface area contributed by atoms with Gasteiger partial charge in [0.25, 0.3) is 5.91 Å². The van der Waals surface area contributed by atoms with Crippen molar-refractivity contribution in [3.63, 3.8) is 0 Å². The number of nitrogens with one attached hydrogen (secondary N) is 1. The largest absolute Gasteiger partial charge is 0.455 e. The molecule has 130 valence electrons. The van der Waals surface area contributed by atoms with Crippen LogP contribution in [0.4, 0.5) is 5.69 Å². The molecule has 8 heteroatoms. The number of ether oxygens (including phenoxy) is 1. The number of hydrogen-bond donors (Lipinski definition) is 2. The summed E-state index contributed by atoms with van der Waals surface area (Å²) in [5.41, 5.74) is 6.46. The molecule has 2 rings (SSSR count). The van der Waals surface area contributed by atoms with Gasteiger partial charge in [-0.1, -0.05) is 29.3 Å². The molecule has 0 atom stereocenters. The maximum absolute atomic E-state index is 11.8. The fourth-order valence-electron chi connectivity index (χ4n) is 1.93. The van der Waals surface area contributed by atoms with Crippen LogP contribution in [0.2, 0.25) is 10.0 Å². The van der Waals surface area contributed by atoms with Gasteiger partial charge in [-0.15, -0.1) is 0 Å². The minimum Gasteiger partial charge on any atom is -0.455 e. The predicted molar refractivity (Wildman–Crippen MR) is 94.7 cm³/mol. The molecule has 0 heterocycles. The van der Waals surface area contributed by atoms with E-state index in [0.29, 0.717) is 26.9 Å². The topological polar surface area (TPSA) is 98.5 Å². The van der Waals surface area contributed by atoms with E-state index >= 15 is 0 Å². The normalized spacial score (nSPS) is 10.2. The number of hydrogen-bond acceptors (Lipinski definition) is 4. The Morgan fingerprint density at radius 2 is 1.72 bits per heavy atom. The maximum atomic E-state index is 11.8. The second-order valence-corrected chi connectivity index (χ2v) is 5.91. The molecule has 2 amide bonds. The van der Waals surface area contributed by atoms with E-state index in [0.717, 1.165) is 0 Å². The zero-order chi connectivity index (χ0) is 18.4. The van der Waals surface area contributed by atoms with Gasteiger partial charge in [-0.3, -0.25) is 14.4 Å². The summed E-state index contributed by atoms with van der Waals surface area (Å²) in [6.45, 7) is -0.443. The van der Waals surface area contributed by atoms with E-state index in [1.54, 1.807) is 12.1 Å². The number of primary amides is 1. The summed E-state index contributed by atoms with van der Waals surface area (Å²) < 4.78 is 4.91. The Morgan fingerprint density at radius 3 is 2.32 bits per heavy atom. The van der Waals surface area contributed by atoms with E-state index in [1.807, 2.05) is 0 Å². The van der Waals surface area contributed by atoms with Crippen LogP contribution in [0.25, 0.3) is 0 Å². The Bertz CT molecular complexity index is 807. The Morgan fingerprint density at radius 1 is 1.04 bits per heavy atom. The highest BCUT2D eigenvalue weighted by Crippen LogP contribution is 2.21. The van der Waals surface area contributed by atoms with E-state index in [4.69, 9.17) is 33.7 Å². The summed E-state index contributed by atoms with van der Waals surface area (Å²) in [5, 5.41) is 3.35. The lowest BCUT2D eigenvalue weighted by atomic mass is 10.1. The summed E-state index contributed by atoms with van der Waals surface area (Å²) in [7, 11) is 0. The van der Waals surface area contributed by atoms with E-state index < -0.39 is 24.4 Å². The zero-order valence-electron chi connectivity index (χ0n) is 12.9. The number of benzene rings is 2. The van der Waals surface area contributed by atoms with Crippen LogP contribution in [0, 0.1) is 0 Å². The van der Waals surface area contributed by atoms with Crippen LogP contribution in [0.15, 0.2) is 42.5 Å². The quantitative estimate of drug-likeness (QED) is 0.752. The van der Waals surface area contributed by atoms with Gasteiger partial charge in [0.1, 0.15) is 0 Å². The van der Waals surface area contributed by atoms with Gasteiger partial charge in [0, 0.05) is 21.3 Å². The van der Waals surface area contributed by atoms with Gasteiger partial charge in [0.2, 0.25) is 5.91 Å². The van der Waals surface area contributed by atoms with E-state index in [1.165, 1.54) is 30.3 Å². The summed E-state index contributed by atoms with van der Waals surface area (Å²) in [5.74, 6) is -1.67. The molecule has 0 aromatic heterocycles. The molecule has 0 aliphatic carbocycles. The van der Waals surface area contributed by atoms with Crippen molar-refractivity contribution in [1.29, 1.82) is 0 Å². The summed E-state index contributed by atoms with van der Waals surface area (Å²) in [6.07, 6.45) is -0.0728. The van der Waals surface area contributed by atoms with E-state index in [2.05, 4.69) is 5.32 Å². The number of carbonyl (C=O) groups excluding carboxylic acids is 3. The van der Waals surface area contributed by atoms with Gasteiger partial charge in [0.05, 0.1) is 6.42 Å². The molecule has 0 radical (unpaired) electrons. The third-order valence-corrected chi connectivity index (χ3v) is 3.75. The molecule has 2 aromatic rings. The third kappa shape index (κ3) is 5.77. The monoisotopic (exact) mass is 380 g/mol. The lowest BCUT2D eigenvalue weighted by Gasteiger charge is -2.08. The molecule has 2 aromatic carbocycles. The van der Waals surface area contributed by atoms with Crippen LogP contribution in [0.3, 0.4) is 0 Å². The molecule has 0 aliphatic rings. The van der Waals surface area contributed by atoms with E-state index in [9.17, 15) is 14.4 Å². The summed E-state index contributed by atoms with van der Waals surface area (Å²) in [4.78, 5) is 34.5. The Kier molecular flexibility index (Phi) is 6.38. The number of halogens is 2. The molecule has 0 bridgehead atoms. The van der Waals surface area contributed by atoms with Crippen molar-refractivity contribution in [2.75, 3.05) is 11.9 Å². The molecule has 0 fully saturated rings. The number of rotatable bonds is 6. The Labute approximate surface area is 153 Å². The first kappa shape index (κ1) is 18.8. The first-order chi connectivity index (χ1) is 11.8. The minimum atomic E-state index is -0.594. The van der Waals surface area contributed by atoms with Gasteiger partial charge in [0.15, 0.2) is 6.61 Å². The van der Waals surface area contributed by atoms with Gasteiger partial charge in [-0.05, 0) is 42.0 Å². The van der Waals surface area contributed by atoms with Gasteiger partial charge < -0.3 is 15.8 Å². The standard InChI is InChI=1S/C17H14Cl2N2O4/c18-12-4-1-11(14(19)8-12)7-16(23)25-9-15(22)21-13-5-2-10(3-6-13)17(20)24/h1-6,8H,7,9H2,(H2,20,24)(H,21,22). The molecule has 0 aliphatic heterocycles. The number of anilines is 1. The first-order valence-electron chi connectivity index (χ1n) is 7.14. The number of esters is 1. The molecule has 3 N–H and O–H groups in total. The van der Waals surface area contributed by atoms with Crippen LogP contribution in [0.1, 0.15) is 15.9 Å². The molecule has 6 nitrogen and oxygen atoms in total. The minimum absolute atomic E-state index is 0.0728. The molecule has 0 spiro atoms. The predicted octanol–water partition coefficient (Wildman–Crippen LogP) is 2.82. The van der Waals surface area contributed by atoms with Crippen molar-refractivity contribution >= 4 is 46.7 Å². The second kappa shape index (κ2) is 8.50. The average molecular weight is 381 g/mol. The van der Waals surface area contributed by atoms with Gasteiger partial charge in [-0.25, -0.2) is 0 Å². The first-order valence-corrected chi connectivity index (χ1v) is 7.90. The maximum Gasteiger partial charge on any atom is 0.310 e. The van der Waals surface area contributed by atoms with Gasteiger partial charge in [-0.2, -0.15) is 0 Å². The zero-order valence-corrected chi connectivity index (χ0v) is 14.4. The van der Waals surface area contributed by atoms with Crippen LogP contribution in [-0.2, 0) is 20.7 Å².